The lowest BCUT2D eigenvalue weighted by Gasteiger charge is -2.56. The highest BCUT2D eigenvalue weighted by molar-refractivity contribution is 7.99. The number of hydrogen-bond acceptors (Lipinski definition) is 7. The van der Waals surface area contributed by atoms with Crippen LogP contribution in [0.3, 0.4) is 0 Å². The average Bonchev–Trinajstić information content (AvgIpc) is 3.17. The monoisotopic (exact) mass is 425 g/mol. The highest BCUT2D eigenvalue weighted by Crippen LogP contribution is 2.55. The summed E-state index contributed by atoms with van der Waals surface area (Å²) < 4.78 is 28.7. The number of nitrogens with one attached hydrogen (secondary N) is 1. The van der Waals surface area contributed by atoms with E-state index in [0.717, 1.165) is 37.0 Å². The molecule has 0 spiro atoms. The molecule has 0 aromatic carbocycles. The standard InChI is InChI=1S/C19H27N3O4S2/c23-16(20-19-7-13-3-14(8-19)5-15(4-13)9-19)10-27-18-22-21-17(26-18)6-12-1-2-28(24,25)11-12/h12-15H,1-11H2,(H,20,23)/t12-,13?,14?,15?,19?/m1/s1. The van der Waals surface area contributed by atoms with Crippen LogP contribution in [0, 0.1) is 23.7 Å². The van der Waals surface area contributed by atoms with Crippen LogP contribution in [0.1, 0.15) is 50.8 Å². The first-order valence-corrected chi connectivity index (χ1v) is 13.1. The largest absolute Gasteiger partial charge is 0.416 e. The Morgan fingerprint density at radius 2 is 1.82 bits per heavy atom. The van der Waals surface area contributed by atoms with Gasteiger partial charge in [0.25, 0.3) is 5.22 Å². The second kappa shape index (κ2) is 7.00. The topological polar surface area (TPSA) is 102 Å². The Hall–Kier alpha value is -1.09. The number of hydrogen-bond donors (Lipinski definition) is 1. The zero-order valence-electron chi connectivity index (χ0n) is 15.9. The predicted molar refractivity (Wildman–Crippen MR) is 105 cm³/mol. The van der Waals surface area contributed by atoms with Crippen LogP contribution < -0.4 is 5.32 Å². The summed E-state index contributed by atoms with van der Waals surface area (Å²) in [6.07, 6.45) is 8.65. The average molecular weight is 426 g/mol. The van der Waals surface area contributed by atoms with Crippen molar-refractivity contribution in [3.63, 3.8) is 0 Å². The lowest BCUT2D eigenvalue weighted by Crippen LogP contribution is -2.60. The lowest BCUT2D eigenvalue weighted by molar-refractivity contribution is -0.124. The number of amides is 1. The van der Waals surface area contributed by atoms with Crippen LogP contribution in [-0.4, -0.2) is 47.3 Å². The van der Waals surface area contributed by atoms with Crippen molar-refractivity contribution in [3.05, 3.63) is 5.89 Å². The molecular weight excluding hydrogens is 398 g/mol. The molecule has 28 heavy (non-hydrogen) atoms. The Kier molecular flexibility index (Phi) is 4.73. The van der Waals surface area contributed by atoms with Gasteiger partial charge in [-0.15, -0.1) is 10.2 Å². The van der Waals surface area contributed by atoms with Crippen molar-refractivity contribution >= 4 is 27.5 Å². The minimum Gasteiger partial charge on any atom is -0.416 e. The molecule has 1 aromatic rings. The second-order valence-corrected chi connectivity index (χ2v) is 12.6. The van der Waals surface area contributed by atoms with Gasteiger partial charge in [0.05, 0.1) is 17.3 Å². The summed E-state index contributed by atoms with van der Waals surface area (Å²) >= 11 is 1.27. The van der Waals surface area contributed by atoms with E-state index in [-0.39, 0.29) is 34.6 Å². The Labute approximate surface area is 169 Å². The van der Waals surface area contributed by atoms with Crippen LogP contribution >= 0.6 is 11.8 Å². The molecule has 4 aliphatic carbocycles. The fourth-order valence-electron chi connectivity index (χ4n) is 6.38. The van der Waals surface area contributed by atoms with E-state index in [1.807, 2.05) is 0 Å². The van der Waals surface area contributed by atoms with Crippen LogP contribution in [0.25, 0.3) is 0 Å². The maximum atomic E-state index is 12.6. The Morgan fingerprint density at radius 1 is 1.14 bits per heavy atom. The normalized spacial score (nSPS) is 38.0. The molecule has 5 aliphatic rings. The van der Waals surface area contributed by atoms with Crippen molar-refractivity contribution in [1.82, 2.24) is 15.5 Å². The quantitative estimate of drug-likeness (QED) is 0.697. The van der Waals surface area contributed by atoms with Crippen molar-refractivity contribution in [2.75, 3.05) is 17.3 Å². The molecule has 1 aromatic heterocycles. The molecule has 6 rings (SSSR count). The molecule has 154 valence electrons. The summed E-state index contributed by atoms with van der Waals surface area (Å²) in [6, 6.07) is 0. The number of rotatable bonds is 6. The number of aromatic nitrogens is 2. The van der Waals surface area contributed by atoms with Gasteiger partial charge >= 0.3 is 0 Å². The summed E-state index contributed by atoms with van der Waals surface area (Å²) in [4.78, 5) is 12.6. The fraction of sp³-hybridized carbons (Fsp3) is 0.842. The molecule has 4 saturated carbocycles. The summed E-state index contributed by atoms with van der Waals surface area (Å²) in [6.45, 7) is 0. The minimum atomic E-state index is -2.90. The van der Waals surface area contributed by atoms with Crippen LogP contribution in [0.4, 0.5) is 0 Å². The van der Waals surface area contributed by atoms with E-state index in [4.69, 9.17) is 4.42 Å². The van der Waals surface area contributed by atoms with Gasteiger partial charge in [0.1, 0.15) is 0 Å². The van der Waals surface area contributed by atoms with Crippen LogP contribution in [0.15, 0.2) is 9.64 Å². The molecule has 0 radical (unpaired) electrons. The van der Waals surface area contributed by atoms with Gasteiger partial charge in [-0.05, 0) is 68.6 Å². The van der Waals surface area contributed by atoms with Crippen molar-refractivity contribution in [2.45, 2.75) is 62.1 Å². The molecule has 9 heteroatoms. The van der Waals surface area contributed by atoms with Crippen molar-refractivity contribution in [1.29, 1.82) is 0 Å². The number of carbonyl (C=O) groups excluding carboxylic acids is 1. The zero-order chi connectivity index (χ0) is 19.4. The number of thioether (sulfide) groups is 1. The molecule has 5 fully saturated rings. The third kappa shape index (κ3) is 3.97. The molecule has 1 N–H and O–H groups in total. The van der Waals surface area contributed by atoms with E-state index in [1.165, 1.54) is 31.0 Å². The minimum absolute atomic E-state index is 0.0281. The maximum Gasteiger partial charge on any atom is 0.277 e. The molecule has 7 nitrogen and oxygen atoms in total. The highest BCUT2D eigenvalue weighted by Gasteiger charge is 2.51. The third-order valence-corrected chi connectivity index (χ3v) is 9.66. The van der Waals surface area contributed by atoms with Gasteiger partial charge in [0.2, 0.25) is 11.8 Å². The first-order valence-electron chi connectivity index (χ1n) is 10.3. The summed E-state index contributed by atoms with van der Waals surface area (Å²) in [5.74, 6) is 3.71. The van der Waals surface area contributed by atoms with Gasteiger partial charge < -0.3 is 9.73 Å². The SMILES string of the molecule is O=C(CSc1nnc(C[C@H]2CCS(=O)(=O)C2)o1)NC12CC3CC(CC(C3)C1)C2. The second-order valence-electron chi connectivity index (χ2n) is 9.47. The van der Waals surface area contributed by atoms with Gasteiger partial charge in [-0.25, -0.2) is 8.42 Å². The van der Waals surface area contributed by atoms with Crippen LogP contribution in [0.2, 0.25) is 0 Å². The Balaban J connectivity index is 1.12. The van der Waals surface area contributed by atoms with E-state index < -0.39 is 9.84 Å². The smallest absolute Gasteiger partial charge is 0.277 e. The lowest BCUT2D eigenvalue weighted by atomic mass is 9.53. The van der Waals surface area contributed by atoms with E-state index in [9.17, 15) is 13.2 Å². The molecule has 1 aliphatic heterocycles. The molecule has 0 unspecified atom stereocenters. The van der Waals surface area contributed by atoms with Crippen molar-refractivity contribution in [2.24, 2.45) is 23.7 Å². The molecule has 2 heterocycles. The highest BCUT2D eigenvalue weighted by atomic mass is 32.2. The van der Waals surface area contributed by atoms with Gasteiger partial charge in [-0.2, -0.15) is 0 Å². The first-order chi connectivity index (χ1) is 13.4. The van der Waals surface area contributed by atoms with Crippen molar-refractivity contribution in [3.8, 4) is 0 Å². The van der Waals surface area contributed by atoms with Gasteiger partial charge in [0.15, 0.2) is 9.84 Å². The Morgan fingerprint density at radius 3 is 2.43 bits per heavy atom. The zero-order valence-corrected chi connectivity index (χ0v) is 17.6. The molecular formula is C19H27N3O4S2. The van der Waals surface area contributed by atoms with E-state index in [0.29, 0.717) is 24.0 Å². The molecule has 1 saturated heterocycles. The first kappa shape index (κ1) is 18.9. The van der Waals surface area contributed by atoms with Gasteiger partial charge in [-0.3, -0.25) is 4.79 Å². The summed E-state index contributed by atoms with van der Waals surface area (Å²) in [5.41, 5.74) is 0.0281. The van der Waals surface area contributed by atoms with Gasteiger partial charge in [0, 0.05) is 12.0 Å². The number of nitrogens with zero attached hydrogens (tertiary/aromatic N) is 2. The maximum absolute atomic E-state index is 12.6. The van der Waals surface area contributed by atoms with E-state index in [2.05, 4.69) is 15.5 Å². The van der Waals surface area contributed by atoms with Crippen molar-refractivity contribution < 1.29 is 17.6 Å². The summed E-state index contributed by atoms with van der Waals surface area (Å²) in [7, 11) is -2.90. The third-order valence-electron chi connectivity index (χ3n) is 7.01. The van der Waals surface area contributed by atoms with Crippen LogP contribution in [0.5, 0.6) is 0 Å². The van der Waals surface area contributed by atoms with Gasteiger partial charge in [-0.1, -0.05) is 11.8 Å². The predicted octanol–water partition coefficient (Wildman–Crippen LogP) is 2.22. The molecule has 1 atom stereocenters. The number of sulfone groups is 1. The summed E-state index contributed by atoms with van der Waals surface area (Å²) in [5, 5.41) is 11.8. The van der Waals surface area contributed by atoms with E-state index >= 15 is 0 Å². The van der Waals surface area contributed by atoms with Crippen LogP contribution in [-0.2, 0) is 21.1 Å². The number of carbonyl (C=O) groups is 1. The molecule has 1 amide bonds. The fourth-order valence-corrected chi connectivity index (χ4v) is 8.82. The molecule has 4 bridgehead atoms. The Bertz CT molecular complexity index is 831. The van der Waals surface area contributed by atoms with E-state index in [1.54, 1.807) is 0 Å².